The molecule has 1 fully saturated rings. The minimum atomic E-state index is 0.215. The third kappa shape index (κ3) is 3.54. The molecule has 0 saturated heterocycles. The van der Waals surface area contributed by atoms with Gasteiger partial charge in [-0.2, -0.15) is 0 Å². The van der Waals surface area contributed by atoms with Crippen LogP contribution in [0.3, 0.4) is 0 Å². The number of halogens is 1. The summed E-state index contributed by atoms with van der Waals surface area (Å²) in [6, 6.07) is 6.42. The average molecular weight is 298 g/mol. The van der Waals surface area contributed by atoms with Crippen LogP contribution in [0.25, 0.3) is 0 Å². The zero-order valence-corrected chi connectivity index (χ0v) is 11.9. The maximum Gasteiger partial charge on any atom is 0.0499 e. The number of benzene rings is 1. The standard InChI is InChI=1S/C14H20BrNO/c1-11-2-3-13(15)8-12(11)4-7-16-9-14(10-17)5-6-14/h2-3,8,16-17H,4-7,9-10H2,1H3. The van der Waals surface area contributed by atoms with Crippen molar-refractivity contribution in [3.8, 4) is 0 Å². The second-order valence-electron chi connectivity index (χ2n) is 5.16. The van der Waals surface area contributed by atoms with E-state index in [1.54, 1.807) is 0 Å². The van der Waals surface area contributed by atoms with Crippen LogP contribution in [-0.4, -0.2) is 24.8 Å². The molecule has 17 heavy (non-hydrogen) atoms. The number of hydrogen-bond donors (Lipinski definition) is 2. The van der Waals surface area contributed by atoms with Crippen molar-refractivity contribution in [2.24, 2.45) is 5.41 Å². The van der Waals surface area contributed by atoms with Crippen LogP contribution in [0.5, 0.6) is 0 Å². The van der Waals surface area contributed by atoms with Gasteiger partial charge in [-0.05, 0) is 56.0 Å². The van der Waals surface area contributed by atoms with Gasteiger partial charge in [-0.15, -0.1) is 0 Å². The van der Waals surface area contributed by atoms with E-state index in [1.807, 2.05) is 0 Å². The first-order valence-electron chi connectivity index (χ1n) is 6.22. The Bertz CT molecular complexity index is 388. The molecule has 1 saturated carbocycles. The topological polar surface area (TPSA) is 32.3 Å². The van der Waals surface area contributed by atoms with Gasteiger partial charge in [0.1, 0.15) is 0 Å². The van der Waals surface area contributed by atoms with Gasteiger partial charge in [-0.3, -0.25) is 0 Å². The predicted molar refractivity (Wildman–Crippen MR) is 74.2 cm³/mol. The van der Waals surface area contributed by atoms with Crippen LogP contribution in [-0.2, 0) is 6.42 Å². The molecular weight excluding hydrogens is 278 g/mol. The molecule has 0 heterocycles. The van der Waals surface area contributed by atoms with Gasteiger partial charge in [0.05, 0.1) is 0 Å². The number of aliphatic hydroxyl groups is 1. The van der Waals surface area contributed by atoms with Gasteiger partial charge in [0.2, 0.25) is 0 Å². The van der Waals surface area contributed by atoms with E-state index in [0.717, 1.165) is 24.0 Å². The lowest BCUT2D eigenvalue weighted by molar-refractivity contribution is 0.208. The summed E-state index contributed by atoms with van der Waals surface area (Å²) in [7, 11) is 0. The predicted octanol–water partition coefficient (Wildman–Crippen LogP) is 2.66. The number of rotatable bonds is 6. The lowest BCUT2D eigenvalue weighted by Gasteiger charge is -2.13. The highest BCUT2D eigenvalue weighted by molar-refractivity contribution is 9.10. The van der Waals surface area contributed by atoms with Gasteiger partial charge in [0, 0.05) is 23.0 Å². The quantitative estimate of drug-likeness (QED) is 0.791. The zero-order chi connectivity index (χ0) is 12.3. The van der Waals surface area contributed by atoms with Gasteiger partial charge >= 0.3 is 0 Å². The second-order valence-corrected chi connectivity index (χ2v) is 6.07. The van der Waals surface area contributed by atoms with E-state index in [4.69, 9.17) is 0 Å². The van der Waals surface area contributed by atoms with Crippen LogP contribution < -0.4 is 5.32 Å². The van der Waals surface area contributed by atoms with Gasteiger partial charge in [-0.25, -0.2) is 0 Å². The van der Waals surface area contributed by atoms with Gasteiger partial charge in [0.25, 0.3) is 0 Å². The SMILES string of the molecule is Cc1ccc(Br)cc1CCNCC1(CO)CC1. The summed E-state index contributed by atoms with van der Waals surface area (Å²) < 4.78 is 1.15. The van der Waals surface area contributed by atoms with E-state index in [-0.39, 0.29) is 5.41 Å². The Balaban J connectivity index is 1.76. The second kappa shape index (κ2) is 5.51. The van der Waals surface area contributed by atoms with Gasteiger partial charge in [-0.1, -0.05) is 22.0 Å². The number of aryl methyl sites for hydroxylation is 1. The lowest BCUT2D eigenvalue weighted by Crippen LogP contribution is -2.28. The van der Waals surface area contributed by atoms with Crippen molar-refractivity contribution in [2.75, 3.05) is 19.7 Å². The van der Waals surface area contributed by atoms with Crippen LogP contribution in [0, 0.1) is 12.3 Å². The highest BCUT2D eigenvalue weighted by atomic mass is 79.9. The smallest absolute Gasteiger partial charge is 0.0499 e. The lowest BCUT2D eigenvalue weighted by atomic mass is 10.1. The Kier molecular flexibility index (Phi) is 4.23. The van der Waals surface area contributed by atoms with Crippen LogP contribution in [0.1, 0.15) is 24.0 Å². The molecule has 2 N–H and O–H groups in total. The maximum absolute atomic E-state index is 9.21. The highest BCUT2D eigenvalue weighted by Crippen LogP contribution is 2.44. The van der Waals surface area contributed by atoms with Crippen molar-refractivity contribution in [1.29, 1.82) is 0 Å². The van der Waals surface area contributed by atoms with E-state index in [0.29, 0.717) is 6.61 Å². The van der Waals surface area contributed by atoms with Crippen LogP contribution in [0.2, 0.25) is 0 Å². The minimum absolute atomic E-state index is 0.215. The Morgan fingerprint density at radius 3 is 2.82 bits per heavy atom. The summed E-state index contributed by atoms with van der Waals surface area (Å²) >= 11 is 3.50. The highest BCUT2D eigenvalue weighted by Gasteiger charge is 2.41. The van der Waals surface area contributed by atoms with Gasteiger partial charge < -0.3 is 10.4 Å². The molecule has 0 radical (unpaired) electrons. The molecule has 1 aliphatic rings. The molecule has 1 aromatic carbocycles. The number of hydrogen-bond acceptors (Lipinski definition) is 2. The summed E-state index contributed by atoms with van der Waals surface area (Å²) in [5.74, 6) is 0. The van der Waals surface area contributed by atoms with Crippen molar-refractivity contribution in [3.63, 3.8) is 0 Å². The minimum Gasteiger partial charge on any atom is -0.396 e. The zero-order valence-electron chi connectivity index (χ0n) is 10.3. The average Bonchev–Trinajstić information content (AvgIpc) is 3.10. The van der Waals surface area contributed by atoms with E-state index in [9.17, 15) is 5.11 Å². The molecule has 1 aliphatic carbocycles. The maximum atomic E-state index is 9.21. The molecule has 1 aromatic rings. The van der Waals surface area contributed by atoms with Crippen molar-refractivity contribution in [3.05, 3.63) is 33.8 Å². The molecule has 0 amide bonds. The monoisotopic (exact) mass is 297 g/mol. The normalized spacial score (nSPS) is 17.1. The fourth-order valence-electron chi connectivity index (χ4n) is 2.05. The molecule has 0 aromatic heterocycles. The van der Waals surface area contributed by atoms with E-state index >= 15 is 0 Å². The van der Waals surface area contributed by atoms with Crippen molar-refractivity contribution in [2.45, 2.75) is 26.2 Å². The Morgan fingerprint density at radius 1 is 1.41 bits per heavy atom. The van der Waals surface area contributed by atoms with Gasteiger partial charge in [0.15, 0.2) is 0 Å². The number of aliphatic hydroxyl groups excluding tert-OH is 1. The van der Waals surface area contributed by atoms with Crippen molar-refractivity contribution < 1.29 is 5.11 Å². The molecule has 0 aliphatic heterocycles. The first-order chi connectivity index (χ1) is 8.15. The Labute approximate surface area is 112 Å². The first-order valence-corrected chi connectivity index (χ1v) is 7.01. The van der Waals surface area contributed by atoms with Crippen molar-refractivity contribution in [1.82, 2.24) is 5.32 Å². The Morgan fingerprint density at radius 2 is 2.18 bits per heavy atom. The molecule has 0 unspecified atom stereocenters. The summed E-state index contributed by atoms with van der Waals surface area (Å²) in [6.07, 6.45) is 3.39. The van der Waals surface area contributed by atoms with Crippen molar-refractivity contribution >= 4 is 15.9 Å². The molecule has 94 valence electrons. The summed E-state index contributed by atoms with van der Waals surface area (Å²) in [5.41, 5.74) is 2.95. The van der Waals surface area contributed by atoms with E-state index < -0.39 is 0 Å². The summed E-state index contributed by atoms with van der Waals surface area (Å²) in [6.45, 7) is 4.42. The molecule has 2 nitrogen and oxygen atoms in total. The molecule has 0 spiro atoms. The fraction of sp³-hybridized carbons (Fsp3) is 0.571. The molecule has 0 bridgehead atoms. The fourth-order valence-corrected chi connectivity index (χ4v) is 2.46. The summed E-state index contributed by atoms with van der Waals surface area (Å²) in [5, 5.41) is 12.7. The largest absolute Gasteiger partial charge is 0.396 e. The third-order valence-corrected chi connectivity index (χ3v) is 4.17. The molecule has 3 heteroatoms. The summed E-state index contributed by atoms with van der Waals surface area (Å²) in [4.78, 5) is 0. The van der Waals surface area contributed by atoms with Crippen LogP contribution in [0.15, 0.2) is 22.7 Å². The van der Waals surface area contributed by atoms with E-state index in [2.05, 4.69) is 46.4 Å². The van der Waals surface area contributed by atoms with Crippen LogP contribution >= 0.6 is 15.9 Å². The molecule has 0 atom stereocenters. The number of nitrogens with one attached hydrogen (secondary N) is 1. The molecule has 2 rings (SSSR count). The third-order valence-electron chi connectivity index (χ3n) is 3.67. The van der Waals surface area contributed by atoms with Crippen LogP contribution in [0.4, 0.5) is 0 Å². The first kappa shape index (κ1) is 13.1. The molecular formula is C14H20BrNO. The Hall–Kier alpha value is -0.380. The van der Waals surface area contributed by atoms with E-state index in [1.165, 1.54) is 24.0 Å².